The Morgan fingerprint density at radius 3 is 2.95 bits per heavy atom. The van der Waals surface area contributed by atoms with Crippen molar-refractivity contribution in [3.05, 3.63) is 24.2 Å². The predicted octanol–water partition coefficient (Wildman–Crippen LogP) is 0.769. The summed E-state index contributed by atoms with van der Waals surface area (Å²) in [6, 6.07) is 1.69. The minimum atomic E-state index is -3.45. The van der Waals surface area contributed by atoms with Crippen molar-refractivity contribution < 1.29 is 12.8 Å². The maximum atomic E-state index is 12.5. The smallest absolute Gasteiger partial charge is 0.282 e. The molecule has 1 unspecified atom stereocenters. The number of piperidine rings is 1. The minimum absolute atomic E-state index is 0.0782. The Morgan fingerprint density at radius 2 is 2.32 bits per heavy atom. The van der Waals surface area contributed by atoms with Gasteiger partial charge in [-0.15, -0.1) is 0 Å². The van der Waals surface area contributed by atoms with E-state index >= 15 is 0 Å². The summed E-state index contributed by atoms with van der Waals surface area (Å²) in [6.45, 7) is 1.24. The van der Waals surface area contributed by atoms with Gasteiger partial charge >= 0.3 is 0 Å². The highest BCUT2D eigenvalue weighted by molar-refractivity contribution is 7.86. The number of hydrogen-bond acceptors (Lipinski definition) is 4. The van der Waals surface area contributed by atoms with E-state index in [0.29, 0.717) is 19.6 Å². The van der Waals surface area contributed by atoms with Gasteiger partial charge in [-0.05, 0) is 18.9 Å². The lowest BCUT2D eigenvalue weighted by Gasteiger charge is -2.36. The number of rotatable bonds is 5. The molecule has 19 heavy (non-hydrogen) atoms. The zero-order valence-corrected chi connectivity index (χ0v) is 12.0. The van der Waals surface area contributed by atoms with E-state index in [2.05, 4.69) is 0 Å². The fourth-order valence-electron chi connectivity index (χ4n) is 2.41. The highest BCUT2D eigenvalue weighted by atomic mass is 32.2. The van der Waals surface area contributed by atoms with Gasteiger partial charge in [0.25, 0.3) is 10.2 Å². The third kappa shape index (κ3) is 3.17. The van der Waals surface area contributed by atoms with Crippen molar-refractivity contribution >= 4 is 10.2 Å². The second kappa shape index (κ2) is 6.04. The average Bonchev–Trinajstić information content (AvgIpc) is 2.91. The Kier molecular flexibility index (Phi) is 4.62. The van der Waals surface area contributed by atoms with Gasteiger partial charge in [0.2, 0.25) is 0 Å². The van der Waals surface area contributed by atoms with Crippen molar-refractivity contribution in [3.63, 3.8) is 0 Å². The zero-order valence-electron chi connectivity index (χ0n) is 11.2. The summed E-state index contributed by atoms with van der Waals surface area (Å²) >= 11 is 0. The first-order valence-electron chi connectivity index (χ1n) is 6.50. The molecule has 1 atom stereocenters. The fraction of sp³-hybridized carbons (Fsp3) is 0.667. The third-order valence-corrected chi connectivity index (χ3v) is 5.51. The predicted molar refractivity (Wildman–Crippen MR) is 72.5 cm³/mol. The van der Waals surface area contributed by atoms with E-state index in [1.165, 1.54) is 8.61 Å². The number of nitrogens with zero attached hydrogens (tertiary/aromatic N) is 2. The number of hydrogen-bond donors (Lipinski definition) is 1. The molecule has 1 saturated heterocycles. The van der Waals surface area contributed by atoms with Crippen LogP contribution in [0.15, 0.2) is 23.0 Å². The second-order valence-electron chi connectivity index (χ2n) is 4.89. The molecule has 1 fully saturated rings. The summed E-state index contributed by atoms with van der Waals surface area (Å²) in [5, 5.41) is 0. The van der Waals surface area contributed by atoms with Crippen LogP contribution in [0.3, 0.4) is 0 Å². The van der Waals surface area contributed by atoms with E-state index in [1.807, 2.05) is 0 Å². The SMILES string of the molecule is CN(Cc1ccoc1)S(=O)(=O)N1CCCCC1CN. The Labute approximate surface area is 114 Å². The molecule has 2 N–H and O–H groups in total. The van der Waals surface area contributed by atoms with Crippen molar-refractivity contribution in [2.45, 2.75) is 31.8 Å². The summed E-state index contributed by atoms with van der Waals surface area (Å²) in [5.41, 5.74) is 6.53. The first-order chi connectivity index (χ1) is 9.05. The van der Waals surface area contributed by atoms with E-state index in [0.717, 1.165) is 24.8 Å². The molecular formula is C12H21N3O3S. The van der Waals surface area contributed by atoms with E-state index in [-0.39, 0.29) is 6.04 Å². The van der Waals surface area contributed by atoms with Crippen molar-refractivity contribution in [2.75, 3.05) is 20.1 Å². The van der Waals surface area contributed by atoms with Gasteiger partial charge in [-0.1, -0.05) is 6.42 Å². The van der Waals surface area contributed by atoms with Crippen molar-refractivity contribution in [1.29, 1.82) is 0 Å². The van der Waals surface area contributed by atoms with Crippen LogP contribution in [0.2, 0.25) is 0 Å². The maximum absolute atomic E-state index is 12.5. The Bertz CT molecular complexity index is 486. The lowest BCUT2D eigenvalue weighted by molar-refractivity contribution is 0.239. The van der Waals surface area contributed by atoms with Crippen molar-refractivity contribution in [2.24, 2.45) is 5.73 Å². The molecule has 108 valence electrons. The Morgan fingerprint density at radius 1 is 1.53 bits per heavy atom. The highest BCUT2D eigenvalue weighted by Gasteiger charge is 2.34. The quantitative estimate of drug-likeness (QED) is 0.867. The van der Waals surface area contributed by atoms with Gasteiger partial charge in [-0.25, -0.2) is 0 Å². The Balaban J connectivity index is 2.11. The largest absolute Gasteiger partial charge is 0.472 e. The van der Waals surface area contributed by atoms with Crippen LogP contribution in [0.5, 0.6) is 0 Å². The van der Waals surface area contributed by atoms with Gasteiger partial charge < -0.3 is 10.2 Å². The van der Waals surface area contributed by atoms with Crippen LogP contribution in [0.1, 0.15) is 24.8 Å². The number of furan rings is 1. The van der Waals surface area contributed by atoms with E-state index in [1.54, 1.807) is 25.6 Å². The molecule has 2 rings (SSSR count). The molecule has 0 saturated carbocycles. The van der Waals surface area contributed by atoms with Gasteiger partial charge in [0, 0.05) is 38.3 Å². The number of nitrogens with two attached hydrogens (primary N) is 1. The highest BCUT2D eigenvalue weighted by Crippen LogP contribution is 2.22. The Hall–Kier alpha value is -0.890. The lowest BCUT2D eigenvalue weighted by atomic mass is 10.1. The molecule has 7 heteroatoms. The molecule has 0 bridgehead atoms. The molecule has 0 spiro atoms. The summed E-state index contributed by atoms with van der Waals surface area (Å²) in [5.74, 6) is 0. The molecule has 0 amide bonds. The molecule has 1 aromatic rings. The monoisotopic (exact) mass is 287 g/mol. The van der Waals surface area contributed by atoms with Gasteiger partial charge in [0.15, 0.2) is 0 Å². The molecule has 1 aliphatic heterocycles. The summed E-state index contributed by atoms with van der Waals surface area (Å²) in [4.78, 5) is 0. The van der Waals surface area contributed by atoms with Gasteiger partial charge in [-0.2, -0.15) is 17.0 Å². The summed E-state index contributed by atoms with van der Waals surface area (Å²) in [7, 11) is -1.87. The van der Waals surface area contributed by atoms with E-state index < -0.39 is 10.2 Å². The van der Waals surface area contributed by atoms with Crippen LogP contribution < -0.4 is 5.73 Å². The van der Waals surface area contributed by atoms with Crippen LogP contribution >= 0.6 is 0 Å². The van der Waals surface area contributed by atoms with Gasteiger partial charge in [0.05, 0.1) is 12.5 Å². The standard InChI is InChI=1S/C12H21N3O3S/c1-14(9-11-5-7-18-10-11)19(16,17)15-6-3-2-4-12(15)8-13/h5,7,10,12H,2-4,6,8-9,13H2,1H3. The molecule has 1 aromatic heterocycles. The van der Waals surface area contributed by atoms with Gasteiger partial charge in [-0.3, -0.25) is 0 Å². The second-order valence-corrected chi connectivity index (χ2v) is 6.88. The van der Waals surface area contributed by atoms with Gasteiger partial charge in [0.1, 0.15) is 0 Å². The van der Waals surface area contributed by atoms with Crippen molar-refractivity contribution in [1.82, 2.24) is 8.61 Å². The maximum Gasteiger partial charge on any atom is 0.282 e. The van der Waals surface area contributed by atoms with Crippen molar-refractivity contribution in [3.8, 4) is 0 Å². The lowest BCUT2D eigenvalue weighted by Crippen LogP contribution is -2.51. The molecule has 6 nitrogen and oxygen atoms in total. The molecular weight excluding hydrogens is 266 g/mol. The van der Waals surface area contributed by atoms with Crippen LogP contribution in [-0.2, 0) is 16.8 Å². The molecule has 2 heterocycles. The normalized spacial score (nSPS) is 21.9. The minimum Gasteiger partial charge on any atom is -0.472 e. The summed E-state index contributed by atoms with van der Waals surface area (Å²) in [6.07, 6.45) is 5.88. The van der Waals surface area contributed by atoms with Crippen LogP contribution in [0, 0.1) is 0 Å². The zero-order chi connectivity index (χ0) is 13.9. The third-order valence-electron chi connectivity index (χ3n) is 3.52. The van der Waals surface area contributed by atoms with E-state index in [9.17, 15) is 8.42 Å². The molecule has 0 aliphatic carbocycles. The van der Waals surface area contributed by atoms with E-state index in [4.69, 9.17) is 10.2 Å². The first kappa shape index (κ1) is 14.5. The van der Waals surface area contributed by atoms with Crippen LogP contribution in [0.4, 0.5) is 0 Å². The first-order valence-corrected chi connectivity index (χ1v) is 7.89. The van der Waals surface area contributed by atoms with Crippen LogP contribution in [-0.4, -0.2) is 43.2 Å². The van der Waals surface area contributed by atoms with Crippen LogP contribution in [0.25, 0.3) is 0 Å². The average molecular weight is 287 g/mol. The fourth-order valence-corrected chi connectivity index (χ4v) is 4.01. The molecule has 0 radical (unpaired) electrons. The molecule has 1 aliphatic rings. The topological polar surface area (TPSA) is 79.8 Å². The summed E-state index contributed by atoms with van der Waals surface area (Å²) < 4.78 is 32.9. The molecule has 0 aromatic carbocycles.